The van der Waals surface area contributed by atoms with E-state index in [1.165, 1.54) is 56.9 Å². The molecule has 0 aromatic heterocycles. The molecule has 3 fully saturated rings. The van der Waals surface area contributed by atoms with Crippen LogP contribution in [0.5, 0.6) is 0 Å². The number of carbonyl (C=O) groups excluding carboxylic acids is 1. The maximum absolute atomic E-state index is 11.9. The molecule has 0 saturated heterocycles. The molecule has 0 N–H and O–H groups in total. The lowest BCUT2D eigenvalue weighted by molar-refractivity contribution is -0.117. The normalized spacial score (nSPS) is 49.2. The van der Waals surface area contributed by atoms with Crippen molar-refractivity contribution in [3.05, 3.63) is 11.6 Å². The lowest BCUT2D eigenvalue weighted by Gasteiger charge is -2.58. The van der Waals surface area contributed by atoms with E-state index in [1.807, 2.05) is 6.08 Å². The van der Waals surface area contributed by atoms with Crippen molar-refractivity contribution in [3.8, 4) is 0 Å². The van der Waals surface area contributed by atoms with Crippen LogP contribution in [0.1, 0.15) is 85.0 Å². The molecule has 0 amide bonds. The summed E-state index contributed by atoms with van der Waals surface area (Å²) in [5.41, 5.74) is 2.49. The van der Waals surface area contributed by atoms with E-state index in [1.54, 1.807) is 0 Å². The van der Waals surface area contributed by atoms with Gasteiger partial charge in [-0.25, -0.2) is 0 Å². The molecule has 0 aromatic carbocycles. The van der Waals surface area contributed by atoms with Crippen molar-refractivity contribution in [1.82, 2.24) is 0 Å². The van der Waals surface area contributed by atoms with Gasteiger partial charge < -0.3 is 0 Å². The van der Waals surface area contributed by atoms with Crippen LogP contribution in [0, 0.1) is 34.5 Å². The topological polar surface area (TPSA) is 17.1 Å². The highest BCUT2D eigenvalue weighted by molar-refractivity contribution is 5.91. The number of hydrogen-bond acceptors (Lipinski definition) is 1. The summed E-state index contributed by atoms with van der Waals surface area (Å²) in [7, 11) is 0. The van der Waals surface area contributed by atoms with Crippen molar-refractivity contribution in [2.75, 3.05) is 0 Å². The zero-order chi connectivity index (χ0) is 16.2. The minimum atomic E-state index is 0.348. The second-order valence-corrected chi connectivity index (χ2v) is 9.58. The summed E-state index contributed by atoms with van der Waals surface area (Å²) in [5.74, 6) is 4.13. The fourth-order valence-corrected chi connectivity index (χ4v) is 7.49. The molecule has 0 aliphatic heterocycles. The van der Waals surface area contributed by atoms with Gasteiger partial charge in [-0.15, -0.1) is 0 Å². The predicted octanol–water partition coefficient (Wildman–Crippen LogP) is 5.93. The van der Waals surface area contributed by atoms with Crippen molar-refractivity contribution in [2.24, 2.45) is 34.5 Å². The van der Waals surface area contributed by atoms with Crippen LogP contribution in [0.25, 0.3) is 0 Å². The molecule has 0 unspecified atom stereocenters. The van der Waals surface area contributed by atoms with Gasteiger partial charge in [-0.05, 0) is 85.5 Å². The zero-order valence-electron chi connectivity index (χ0n) is 15.4. The molecule has 128 valence electrons. The summed E-state index contributed by atoms with van der Waals surface area (Å²) < 4.78 is 0. The number of ketones is 1. The summed E-state index contributed by atoms with van der Waals surface area (Å²) in [5, 5.41) is 0. The Morgan fingerprint density at radius 2 is 1.87 bits per heavy atom. The molecule has 6 atom stereocenters. The van der Waals surface area contributed by atoms with Gasteiger partial charge in [0, 0.05) is 6.42 Å². The maximum Gasteiger partial charge on any atom is 0.155 e. The van der Waals surface area contributed by atoms with Gasteiger partial charge in [0.1, 0.15) is 0 Å². The van der Waals surface area contributed by atoms with E-state index in [2.05, 4.69) is 20.8 Å². The summed E-state index contributed by atoms with van der Waals surface area (Å²) >= 11 is 0. The Morgan fingerprint density at radius 3 is 2.65 bits per heavy atom. The summed E-state index contributed by atoms with van der Waals surface area (Å²) in [6, 6.07) is 0. The summed E-state index contributed by atoms with van der Waals surface area (Å²) in [6.07, 6.45) is 15.2. The first kappa shape index (κ1) is 15.9. The lowest BCUT2D eigenvalue weighted by atomic mass is 9.47. The second kappa shape index (κ2) is 5.46. The monoisotopic (exact) mass is 314 g/mol. The molecule has 1 nitrogen and oxygen atoms in total. The Bertz CT molecular complexity index is 532. The maximum atomic E-state index is 11.9. The van der Waals surface area contributed by atoms with Crippen molar-refractivity contribution in [2.45, 2.75) is 85.0 Å². The Hall–Kier alpha value is -0.590. The number of carbonyl (C=O) groups is 1. The van der Waals surface area contributed by atoms with Gasteiger partial charge >= 0.3 is 0 Å². The molecule has 23 heavy (non-hydrogen) atoms. The lowest BCUT2D eigenvalue weighted by Crippen LogP contribution is -2.50. The largest absolute Gasteiger partial charge is 0.295 e. The van der Waals surface area contributed by atoms with E-state index in [0.29, 0.717) is 16.6 Å². The van der Waals surface area contributed by atoms with E-state index in [9.17, 15) is 4.79 Å². The zero-order valence-corrected chi connectivity index (χ0v) is 15.4. The SMILES string of the molecule is CCC[C@H]1CC[C@H]2[C@@H]3CCC4=CC(=O)CC[C@]4(C)[C@H]3CC[C@]12C. The molecule has 3 saturated carbocycles. The summed E-state index contributed by atoms with van der Waals surface area (Å²) in [6.45, 7) is 7.50. The number of fused-ring (bicyclic) bond motifs is 5. The van der Waals surface area contributed by atoms with Gasteiger partial charge in [-0.1, -0.05) is 39.2 Å². The Kier molecular flexibility index (Phi) is 3.78. The van der Waals surface area contributed by atoms with Crippen LogP contribution in [0.4, 0.5) is 0 Å². The average Bonchev–Trinajstić information content (AvgIpc) is 2.85. The molecule has 4 rings (SSSR count). The van der Waals surface area contributed by atoms with Crippen LogP contribution in [-0.4, -0.2) is 5.78 Å². The van der Waals surface area contributed by atoms with Crippen molar-refractivity contribution in [1.29, 1.82) is 0 Å². The van der Waals surface area contributed by atoms with Gasteiger partial charge in [0.2, 0.25) is 0 Å². The molecular formula is C22H34O. The van der Waals surface area contributed by atoms with Crippen LogP contribution in [0.2, 0.25) is 0 Å². The molecular weight excluding hydrogens is 280 g/mol. The molecule has 0 spiro atoms. The fraction of sp³-hybridized carbons (Fsp3) is 0.864. The first-order valence-electron chi connectivity index (χ1n) is 10.2. The Morgan fingerprint density at radius 1 is 1.04 bits per heavy atom. The fourth-order valence-electron chi connectivity index (χ4n) is 7.49. The first-order valence-corrected chi connectivity index (χ1v) is 10.2. The van der Waals surface area contributed by atoms with Gasteiger partial charge in [-0.2, -0.15) is 0 Å². The third-order valence-corrected chi connectivity index (χ3v) is 8.80. The number of hydrogen-bond donors (Lipinski definition) is 0. The molecule has 0 heterocycles. The minimum Gasteiger partial charge on any atom is -0.295 e. The average molecular weight is 315 g/mol. The molecule has 0 aromatic rings. The van der Waals surface area contributed by atoms with Crippen molar-refractivity contribution < 1.29 is 4.79 Å². The molecule has 0 radical (unpaired) electrons. The Labute approximate surface area is 142 Å². The Balaban J connectivity index is 1.63. The quantitative estimate of drug-likeness (QED) is 0.617. The van der Waals surface area contributed by atoms with Gasteiger partial charge in [0.25, 0.3) is 0 Å². The molecule has 4 aliphatic carbocycles. The first-order chi connectivity index (χ1) is 11.0. The highest BCUT2D eigenvalue weighted by Gasteiger charge is 2.58. The van der Waals surface area contributed by atoms with Crippen LogP contribution in [0.15, 0.2) is 11.6 Å². The van der Waals surface area contributed by atoms with Crippen LogP contribution >= 0.6 is 0 Å². The van der Waals surface area contributed by atoms with Crippen LogP contribution in [-0.2, 0) is 4.79 Å². The molecule has 1 heteroatoms. The van der Waals surface area contributed by atoms with E-state index in [4.69, 9.17) is 0 Å². The van der Waals surface area contributed by atoms with E-state index >= 15 is 0 Å². The third kappa shape index (κ3) is 2.21. The van der Waals surface area contributed by atoms with E-state index in [0.717, 1.165) is 36.5 Å². The van der Waals surface area contributed by atoms with E-state index in [-0.39, 0.29) is 0 Å². The van der Waals surface area contributed by atoms with Gasteiger partial charge in [-0.3, -0.25) is 4.79 Å². The smallest absolute Gasteiger partial charge is 0.155 e. The molecule has 4 aliphatic rings. The van der Waals surface area contributed by atoms with Crippen molar-refractivity contribution >= 4 is 5.78 Å². The van der Waals surface area contributed by atoms with Crippen LogP contribution < -0.4 is 0 Å². The highest BCUT2D eigenvalue weighted by atomic mass is 16.1. The summed E-state index contributed by atoms with van der Waals surface area (Å²) in [4.78, 5) is 11.9. The predicted molar refractivity (Wildman–Crippen MR) is 95.1 cm³/mol. The standard InChI is InChI=1S/C22H34O/c1-4-5-15-7-9-19-18-8-6-16-14-17(23)10-12-22(16,3)20(18)11-13-21(15,19)2/h14-15,18-20H,4-13H2,1-3H3/t15-,18-,19-,20-,21+,22-/m0/s1. The third-order valence-electron chi connectivity index (χ3n) is 8.80. The number of allylic oxidation sites excluding steroid dienone is 1. The number of rotatable bonds is 2. The van der Waals surface area contributed by atoms with E-state index < -0.39 is 0 Å². The van der Waals surface area contributed by atoms with Crippen molar-refractivity contribution in [3.63, 3.8) is 0 Å². The molecule has 0 bridgehead atoms. The second-order valence-electron chi connectivity index (χ2n) is 9.58. The van der Waals surface area contributed by atoms with Gasteiger partial charge in [0.05, 0.1) is 0 Å². The van der Waals surface area contributed by atoms with Gasteiger partial charge in [0.15, 0.2) is 5.78 Å². The minimum absolute atomic E-state index is 0.348. The highest BCUT2D eigenvalue weighted by Crippen LogP contribution is 2.67. The van der Waals surface area contributed by atoms with Crippen LogP contribution in [0.3, 0.4) is 0 Å².